The molecule has 7 aromatic rings. The van der Waals surface area contributed by atoms with Gasteiger partial charge in [0.25, 0.3) is 20.0 Å². The number of anilines is 2. The van der Waals surface area contributed by atoms with Crippen molar-refractivity contribution in [3.8, 4) is 51.0 Å². The lowest BCUT2D eigenvalue weighted by Crippen LogP contribution is -2.17. The number of ether oxygens (including phenoxy) is 4. The molecule has 0 fully saturated rings. The lowest BCUT2D eigenvalue weighted by atomic mass is 10.1. The van der Waals surface area contributed by atoms with Crippen molar-refractivity contribution in [2.24, 2.45) is 0 Å². The van der Waals surface area contributed by atoms with Crippen molar-refractivity contribution in [3.05, 3.63) is 163 Å². The number of para-hydroxylation sites is 1. The highest BCUT2D eigenvalue weighted by Crippen LogP contribution is 2.33. The maximum atomic E-state index is 13.7. The molecule has 0 saturated heterocycles. The van der Waals surface area contributed by atoms with Crippen molar-refractivity contribution < 1.29 is 40.9 Å². The molecule has 306 valence electrons. The summed E-state index contributed by atoms with van der Waals surface area (Å²) in [5, 5.41) is 9.80. The molecule has 0 spiro atoms. The number of aromatic nitrogens is 2. The van der Waals surface area contributed by atoms with Crippen LogP contribution in [0.1, 0.15) is 5.56 Å². The minimum atomic E-state index is -4.23. The van der Waals surface area contributed by atoms with Gasteiger partial charge in [0.15, 0.2) is 0 Å². The summed E-state index contributed by atoms with van der Waals surface area (Å²) in [6, 6.07) is 35.4. The number of hydrogen-bond donors (Lipinski definition) is 3. The second-order valence-electron chi connectivity index (χ2n) is 13.1. The Bertz CT molecular complexity index is 2810. The molecule has 0 saturated carbocycles. The Morgan fingerprint density at radius 2 is 1.13 bits per heavy atom. The molecule has 16 heteroatoms. The summed E-state index contributed by atoms with van der Waals surface area (Å²) >= 11 is 6.24. The Kier molecular flexibility index (Phi) is 12.7. The van der Waals surface area contributed by atoms with Gasteiger partial charge < -0.3 is 24.1 Å². The van der Waals surface area contributed by atoms with Crippen LogP contribution >= 0.6 is 11.6 Å². The molecule has 0 radical (unpaired) electrons. The normalized spacial score (nSPS) is 11.4. The third-order valence-corrected chi connectivity index (χ3v) is 11.9. The molecule has 0 aliphatic rings. The lowest BCUT2D eigenvalue weighted by molar-refractivity contribution is 0.213. The molecule has 0 bridgehead atoms. The Morgan fingerprint density at radius 3 is 1.75 bits per heavy atom. The first-order valence-corrected chi connectivity index (χ1v) is 21.6. The third kappa shape index (κ3) is 10.4. The van der Waals surface area contributed by atoms with Gasteiger partial charge in [0.1, 0.15) is 58.4 Å². The number of rotatable bonds is 17. The van der Waals surface area contributed by atoms with Crippen LogP contribution in [0.5, 0.6) is 28.7 Å². The Hall–Kier alpha value is -6.81. The van der Waals surface area contributed by atoms with Crippen LogP contribution in [0.2, 0.25) is 5.02 Å². The van der Waals surface area contributed by atoms with Crippen LogP contribution in [0, 0.1) is 0 Å². The number of phenolic OH excluding ortho intramolecular Hbond substituents is 1. The van der Waals surface area contributed by atoms with Gasteiger partial charge in [0.2, 0.25) is 0 Å². The molecule has 2 heterocycles. The smallest absolute Gasteiger partial charge is 0.265 e. The summed E-state index contributed by atoms with van der Waals surface area (Å²) in [4.78, 5) is 8.00. The van der Waals surface area contributed by atoms with E-state index in [0.29, 0.717) is 17.7 Å². The topological polar surface area (TPSA) is 175 Å². The number of aromatic hydroxyl groups is 1. The average Bonchev–Trinajstić information content (AvgIpc) is 3.25. The fourth-order valence-corrected chi connectivity index (χ4v) is 8.60. The third-order valence-electron chi connectivity index (χ3n) is 8.85. The maximum Gasteiger partial charge on any atom is 0.265 e. The fraction of sp³-hybridized carbons (Fsp3) is 0.0909. The van der Waals surface area contributed by atoms with E-state index >= 15 is 0 Å². The van der Waals surface area contributed by atoms with E-state index in [2.05, 4.69) is 19.4 Å². The molecule has 2 aromatic heterocycles. The van der Waals surface area contributed by atoms with Crippen LogP contribution in [0.15, 0.2) is 162 Å². The summed E-state index contributed by atoms with van der Waals surface area (Å²) in [7, 11) is -7.09. The van der Waals surface area contributed by atoms with Crippen molar-refractivity contribution in [2.45, 2.75) is 16.4 Å². The molecule has 0 unspecified atom stereocenters. The zero-order valence-corrected chi connectivity index (χ0v) is 34.2. The highest BCUT2D eigenvalue weighted by Gasteiger charge is 2.23. The molecule has 0 aliphatic heterocycles. The number of hydrogen-bond acceptors (Lipinski definition) is 11. The van der Waals surface area contributed by atoms with Crippen LogP contribution in [-0.4, -0.2) is 52.2 Å². The van der Waals surface area contributed by atoms with Gasteiger partial charge in [-0.1, -0.05) is 66.2 Å². The van der Waals surface area contributed by atoms with E-state index in [4.69, 9.17) is 30.5 Å². The second kappa shape index (κ2) is 18.4. The van der Waals surface area contributed by atoms with Gasteiger partial charge in [-0.2, -0.15) is 0 Å². The first-order valence-electron chi connectivity index (χ1n) is 18.2. The van der Waals surface area contributed by atoms with E-state index in [1.54, 1.807) is 36.7 Å². The molecule has 0 aliphatic carbocycles. The predicted molar refractivity (Wildman–Crippen MR) is 229 cm³/mol. The van der Waals surface area contributed by atoms with E-state index in [9.17, 15) is 21.9 Å². The van der Waals surface area contributed by atoms with Crippen molar-refractivity contribution in [1.29, 1.82) is 0 Å². The second-order valence-corrected chi connectivity index (χ2v) is 16.8. The van der Waals surface area contributed by atoms with E-state index in [-0.39, 0.29) is 62.4 Å². The quantitative estimate of drug-likeness (QED) is 0.0746. The van der Waals surface area contributed by atoms with Crippen LogP contribution in [0.4, 0.5) is 11.4 Å². The SMILES string of the molecule is COc1ccc(OCCOc2ccc(Cl)cc2S(=O)(=O)Nc2cncc(-c3ccc(COc4ccccc4)cc3)c2)cc1S(=O)(=O)Nc1cncc(-c2ccc(O)cc2)c1. The average molecular weight is 865 g/mol. The van der Waals surface area contributed by atoms with E-state index in [1.165, 1.54) is 68.0 Å². The van der Waals surface area contributed by atoms with Crippen LogP contribution in [0.3, 0.4) is 0 Å². The molecular weight excluding hydrogens is 828 g/mol. The Balaban J connectivity index is 0.987. The van der Waals surface area contributed by atoms with Gasteiger partial charge in [-0.05, 0) is 83.4 Å². The molecular formula is C44H37ClN4O9S2. The van der Waals surface area contributed by atoms with Gasteiger partial charge in [-0.3, -0.25) is 19.4 Å². The van der Waals surface area contributed by atoms with Gasteiger partial charge in [-0.15, -0.1) is 0 Å². The first-order chi connectivity index (χ1) is 29.0. The monoisotopic (exact) mass is 864 g/mol. The zero-order chi connectivity index (χ0) is 42.1. The highest BCUT2D eigenvalue weighted by atomic mass is 35.5. The number of sulfonamides is 2. The Labute approximate surface area is 352 Å². The van der Waals surface area contributed by atoms with Crippen molar-refractivity contribution >= 4 is 43.0 Å². The minimum absolute atomic E-state index is 0.0123. The largest absolute Gasteiger partial charge is 0.508 e. The standard InChI is InChI=1S/C44H37ClN4O9S2/c1-55-41-18-16-40(24-44(41)60(53,54)49-37-22-34(26-47-28-37)32-11-14-38(50)15-12-32)56-19-20-57-42-17-13-35(45)23-43(42)59(51,52)48-36-21-33(25-46-27-36)31-9-7-30(8-10-31)29-58-39-5-3-2-4-6-39/h2-18,21-28,48-50H,19-20,29H2,1H3. The van der Waals surface area contributed by atoms with Crippen LogP contribution < -0.4 is 28.4 Å². The van der Waals surface area contributed by atoms with Gasteiger partial charge in [0, 0.05) is 34.6 Å². The number of halogens is 1. The highest BCUT2D eigenvalue weighted by molar-refractivity contribution is 7.93. The van der Waals surface area contributed by atoms with Crippen LogP contribution in [-0.2, 0) is 26.7 Å². The van der Waals surface area contributed by atoms with Crippen LogP contribution in [0.25, 0.3) is 22.3 Å². The van der Waals surface area contributed by atoms with E-state index in [1.807, 2.05) is 54.6 Å². The zero-order valence-electron chi connectivity index (χ0n) is 31.9. The van der Waals surface area contributed by atoms with Crippen molar-refractivity contribution in [3.63, 3.8) is 0 Å². The summed E-state index contributed by atoms with van der Waals surface area (Å²) in [5.74, 6) is 1.13. The number of methoxy groups -OCH3 is 1. The fourth-order valence-electron chi connectivity index (χ4n) is 5.94. The van der Waals surface area contributed by atoms with Gasteiger partial charge >= 0.3 is 0 Å². The number of nitrogens with zero attached hydrogens (tertiary/aromatic N) is 2. The number of phenols is 1. The lowest BCUT2D eigenvalue weighted by Gasteiger charge is -2.16. The Morgan fingerprint density at radius 1 is 0.567 bits per heavy atom. The molecule has 5 aromatic carbocycles. The van der Waals surface area contributed by atoms with Gasteiger partial charge in [0.05, 0.1) is 30.9 Å². The van der Waals surface area contributed by atoms with Crippen molar-refractivity contribution in [2.75, 3.05) is 29.8 Å². The number of nitrogens with one attached hydrogen (secondary N) is 2. The van der Waals surface area contributed by atoms with E-state index < -0.39 is 20.0 Å². The van der Waals surface area contributed by atoms with Crippen molar-refractivity contribution in [1.82, 2.24) is 9.97 Å². The predicted octanol–water partition coefficient (Wildman–Crippen LogP) is 8.82. The summed E-state index contributed by atoms with van der Waals surface area (Å²) in [5.41, 5.74) is 4.25. The summed E-state index contributed by atoms with van der Waals surface area (Å²) < 4.78 is 82.6. The molecule has 0 atom stereocenters. The summed E-state index contributed by atoms with van der Waals surface area (Å²) in [6.07, 6.45) is 5.97. The molecule has 7 rings (SSSR count). The van der Waals surface area contributed by atoms with E-state index in [0.717, 1.165) is 22.4 Å². The minimum Gasteiger partial charge on any atom is -0.508 e. The number of benzene rings is 5. The number of pyridine rings is 2. The summed E-state index contributed by atoms with van der Waals surface area (Å²) in [6.45, 7) is 0.189. The molecule has 0 amide bonds. The molecule has 60 heavy (non-hydrogen) atoms. The maximum absolute atomic E-state index is 13.7. The molecule has 13 nitrogen and oxygen atoms in total. The first kappa shape index (κ1) is 41.4. The molecule has 3 N–H and O–H groups in total. The van der Waals surface area contributed by atoms with Gasteiger partial charge in [-0.25, -0.2) is 16.8 Å².